The molecular weight excluding hydrogens is 643 g/mol. The van der Waals surface area contributed by atoms with Crippen molar-refractivity contribution in [2.45, 2.75) is 24.5 Å². The van der Waals surface area contributed by atoms with Gasteiger partial charge in [0.15, 0.2) is 9.84 Å². The van der Waals surface area contributed by atoms with Gasteiger partial charge < -0.3 is 14.4 Å². The number of pyridine rings is 2. The normalized spacial score (nSPS) is 12.0. The van der Waals surface area contributed by atoms with E-state index in [2.05, 4.69) is 4.98 Å². The van der Waals surface area contributed by atoms with E-state index in [4.69, 9.17) is 16.3 Å². The number of ether oxygens (including phenoxy) is 1. The summed E-state index contributed by atoms with van der Waals surface area (Å²) in [6, 6.07) is 9.08. The largest absolute Gasteiger partial charge is 0.491 e. The molecule has 1 N–H and O–H groups in total. The van der Waals surface area contributed by atoms with Crippen LogP contribution in [-0.4, -0.2) is 41.9 Å². The number of carboxylic acids is 1. The molecule has 9 nitrogen and oxygen atoms in total. The van der Waals surface area contributed by atoms with Gasteiger partial charge in [0.2, 0.25) is 0 Å². The van der Waals surface area contributed by atoms with Gasteiger partial charge in [-0.05, 0) is 43.3 Å². The van der Waals surface area contributed by atoms with Crippen LogP contribution in [0, 0.1) is 18.3 Å². The first-order valence-electron chi connectivity index (χ1n) is 12.5. The minimum Gasteiger partial charge on any atom is -0.491 e. The van der Waals surface area contributed by atoms with Crippen LogP contribution in [0.2, 0.25) is 5.02 Å². The van der Waals surface area contributed by atoms with E-state index >= 15 is 0 Å². The van der Waals surface area contributed by atoms with Gasteiger partial charge in [0.25, 0.3) is 5.56 Å². The molecule has 2 aromatic carbocycles. The molecule has 0 bridgehead atoms. The average Bonchev–Trinajstić information content (AvgIpc) is 3.38. The lowest BCUT2D eigenvalue weighted by Crippen LogP contribution is -2.28. The summed E-state index contributed by atoms with van der Waals surface area (Å²) in [5.74, 6) is -0.836. The van der Waals surface area contributed by atoms with Crippen molar-refractivity contribution in [2.24, 2.45) is 0 Å². The number of rotatable bonds is 7. The van der Waals surface area contributed by atoms with Gasteiger partial charge in [0.05, 0.1) is 49.8 Å². The Bertz CT molecular complexity index is 2220. The summed E-state index contributed by atoms with van der Waals surface area (Å²) in [6.45, 7) is 0.860. The number of aromatic carboxylic acids is 1. The van der Waals surface area contributed by atoms with Crippen LogP contribution < -0.4 is 10.3 Å². The molecule has 0 atom stereocenters. The van der Waals surface area contributed by atoms with Crippen molar-refractivity contribution in [3.8, 4) is 22.9 Å². The van der Waals surface area contributed by atoms with E-state index < -0.39 is 54.3 Å². The first kappa shape index (κ1) is 31.0. The van der Waals surface area contributed by atoms with Crippen LogP contribution in [0.1, 0.15) is 27.2 Å². The molecule has 0 saturated heterocycles. The molecule has 3 aromatic heterocycles. The lowest BCUT2D eigenvalue weighted by Gasteiger charge is -2.19. The monoisotopic (exact) mass is 661 g/mol. The molecule has 3 heterocycles. The minimum absolute atomic E-state index is 0.0308. The SMILES string of the molecule is Cc1c(S(C)(=O)=O)c2cc(C(F)(F)F)cc(C#N)c2c(=O)n1CCOc1ccc(Cl)cc1-c1ccnc2c(C(=O)O)csc12. The van der Waals surface area contributed by atoms with Crippen molar-refractivity contribution in [3.05, 3.63) is 85.7 Å². The Morgan fingerprint density at radius 1 is 1.20 bits per heavy atom. The van der Waals surface area contributed by atoms with Crippen LogP contribution >= 0.6 is 22.9 Å². The number of benzene rings is 2. The molecule has 0 amide bonds. The number of aromatic nitrogens is 2. The van der Waals surface area contributed by atoms with Crippen LogP contribution in [-0.2, 0) is 22.6 Å². The number of sulfone groups is 1. The summed E-state index contributed by atoms with van der Waals surface area (Å²) < 4.78 is 74.0. The Morgan fingerprint density at radius 3 is 2.57 bits per heavy atom. The third-order valence-electron chi connectivity index (χ3n) is 6.88. The molecule has 5 aromatic rings. The second kappa shape index (κ2) is 11.2. The van der Waals surface area contributed by atoms with Crippen molar-refractivity contribution >= 4 is 59.7 Å². The summed E-state index contributed by atoms with van der Waals surface area (Å²) in [6.07, 6.45) is -2.63. The maximum atomic E-state index is 13.6. The molecular formula is C29H19ClF3N3O6S2. The lowest BCUT2D eigenvalue weighted by atomic mass is 10.0. The van der Waals surface area contributed by atoms with E-state index in [-0.39, 0.29) is 29.9 Å². The Hall–Kier alpha value is -4.45. The summed E-state index contributed by atoms with van der Waals surface area (Å²) in [5, 5.41) is 20.0. The molecule has 5 rings (SSSR count). The van der Waals surface area contributed by atoms with Crippen molar-refractivity contribution in [2.75, 3.05) is 12.9 Å². The Balaban J connectivity index is 1.59. The predicted molar refractivity (Wildman–Crippen MR) is 158 cm³/mol. The second-order valence-electron chi connectivity index (χ2n) is 9.68. The lowest BCUT2D eigenvalue weighted by molar-refractivity contribution is -0.137. The van der Waals surface area contributed by atoms with Crippen LogP contribution in [0.3, 0.4) is 0 Å². The number of thiophene rings is 1. The maximum Gasteiger partial charge on any atom is 0.416 e. The number of alkyl halides is 3. The van der Waals surface area contributed by atoms with E-state index in [1.54, 1.807) is 30.3 Å². The Kier molecular flexibility index (Phi) is 7.91. The zero-order valence-electron chi connectivity index (χ0n) is 22.7. The van der Waals surface area contributed by atoms with Crippen molar-refractivity contribution in [3.63, 3.8) is 0 Å². The molecule has 0 aliphatic heterocycles. The van der Waals surface area contributed by atoms with Crippen molar-refractivity contribution < 1.29 is 36.2 Å². The summed E-state index contributed by atoms with van der Waals surface area (Å²) >= 11 is 7.44. The summed E-state index contributed by atoms with van der Waals surface area (Å²) in [7, 11) is -4.17. The highest BCUT2D eigenvalue weighted by Crippen LogP contribution is 2.40. The molecule has 15 heteroatoms. The van der Waals surface area contributed by atoms with Gasteiger partial charge in [-0.2, -0.15) is 18.4 Å². The van der Waals surface area contributed by atoms with Gasteiger partial charge in [-0.3, -0.25) is 9.78 Å². The highest BCUT2D eigenvalue weighted by molar-refractivity contribution is 7.91. The standard InChI is InChI=1S/C29H19ClF3N3O6S2/c1-14-26(44(2,40)41)20-10-16(29(31,32)33)9-15(12-34)23(20)27(37)36(14)7-8-42-22-4-3-17(30)11-19(22)18-5-6-35-24-21(28(38)39)13-43-25(18)24/h3-6,9-11,13H,7-8H2,1-2H3,(H,38,39). The Labute approximate surface area is 256 Å². The topological polar surface area (TPSA) is 139 Å². The fourth-order valence-electron chi connectivity index (χ4n) is 5.03. The number of carbonyl (C=O) groups is 1. The maximum absolute atomic E-state index is 13.6. The molecule has 0 aliphatic rings. The number of hydrogen-bond acceptors (Lipinski definition) is 8. The zero-order chi connectivity index (χ0) is 32.1. The number of carboxylic acid groups (broad SMARTS) is 1. The van der Waals surface area contributed by atoms with E-state index in [0.29, 0.717) is 38.7 Å². The predicted octanol–water partition coefficient (Wildman–Crippen LogP) is 6.31. The molecule has 44 heavy (non-hydrogen) atoms. The number of nitrogens with zero attached hydrogens (tertiary/aromatic N) is 3. The fraction of sp³-hybridized carbons (Fsp3) is 0.172. The van der Waals surface area contributed by atoms with Crippen LogP contribution in [0.15, 0.2) is 57.7 Å². The third-order valence-corrected chi connectivity index (χ3v) is 9.38. The van der Waals surface area contributed by atoms with Crippen LogP contribution in [0.5, 0.6) is 5.75 Å². The number of halogens is 4. The first-order chi connectivity index (χ1) is 20.6. The highest BCUT2D eigenvalue weighted by Gasteiger charge is 2.33. The fourth-order valence-corrected chi connectivity index (χ4v) is 7.43. The number of hydrogen-bond donors (Lipinski definition) is 1. The Morgan fingerprint density at radius 2 is 1.93 bits per heavy atom. The van der Waals surface area contributed by atoms with Gasteiger partial charge in [-0.15, -0.1) is 11.3 Å². The van der Waals surface area contributed by atoms with Gasteiger partial charge in [0, 0.05) is 45.1 Å². The van der Waals surface area contributed by atoms with E-state index in [1.165, 1.54) is 29.8 Å². The summed E-state index contributed by atoms with van der Waals surface area (Å²) in [4.78, 5) is 28.9. The van der Waals surface area contributed by atoms with Crippen LogP contribution in [0.25, 0.3) is 32.1 Å². The smallest absolute Gasteiger partial charge is 0.416 e. The number of nitriles is 1. The van der Waals surface area contributed by atoms with Gasteiger partial charge in [0.1, 0.15) is 12.4 Å². The highest BCUT2D eigenvalue weighted by atomic mass is 35.5. The molecule has 0 aliphatic carbocycles. The quantitative estimate of drug-likeness (QED) is 0.214. The van der Waals surface area contributed by atoms with Gasteiger partial charge >= 0.3 is 12.1 Å². The molecule has 0 unspecified atom stereocenters. The first-order valence-corrected chi connectivity index (χ1v) is 15.7. The van der Waals surface area contributed by atoms with Crippen molar-refractivity contribution in [1.82, 2.24) is 9.55 Å². The van der Waals surface area contributed by atoms with Gasteiger partial charge in [-0.1, -0.05) is 11.6 Å². The zero-order valence-corrected chi connectivity index (χ0v) is 25.1. The third kappa shape index (κ3) is 5.49. The molecule has 0 fully saturated rings. The molecule has 226 valence electrons. The van der Waals surface area contributed by atoms with Crippen molar-refractivity contribution in [1.29, 1.82) is 5.26 Å². The number of fused-ring (bicyclic) bond motifs is 2. The van der Waals surface area contributed by atoms with Gasteiger partial charge in [-0.25, -0.2) is 13.2 Å². The van der Waals surface area contributed by atoms with E-state index in [0.717, 1.165) is 10.8 Å². The van der Waals surface area contributed by atoms with E-state index in [1.807, 2.05) is 0 Å². The van der Waals surface area contributed by atoms with Crippen LogP contribution in [0.4, 0.5) is 13.2 Å². The molecule has 0 saturated carbocycles. The van der Waals surface area contributed by atoms with E-state index in [9.17, 15) is 41.5 Å². The molecule has 0 radical (unpaired) electrons. The minimum atomic E-state index is -4.89. The summed E-state index contributed by atoms with van der Waals surface area (Å²) in [5.41, 5.74) is -1.46. The second-order valence-corrected chi connectivity index (χ2v) is 12.9. The molecule has 0 spiro atoms. The average molecular weight is 662 g/mol.